The molecule has 7 aromatic carbocycles. The first kappa shape index (κ1) is 24.8. The third kappa shape index (κ3) is 3.32. The first-order valence-corrected chi connectivity index (χ1v) is 15.8. The van der Waals surface area contributed by atoms with Gasteiger partial charge in [0.15, 0.2) is 0 Å². The summed E-state index contributed by atoms with van der Waals surface area (Å²) in [6, 6.07) is 51.3. The number of hydrogen-bond donors (Lipinski definition) is 0. The molecule has 1 aliphatic heterocycles. The van der Waals surface area contributed by atoms with Gasteiger partial charge in [-0.15, -0.1) is 0 Å². The number of para-hydroxylation sites is 3. The topological polar surface area (TPSA) is 44.9 Å². The Morgan fingerprint density at radius 3 is 1.96 bits per heavy atom. The average molecular weight is 601 g/mol. The number of rotatable bonds is 2. The molecule has 47 heavy (non-hydrogen) atoms. The Labute approximate surface area is 268 Å². The van der Waals surface area contributed by atoms with Crippen LogP contribution in [0.3, 0.4) is 0 Å². The Morgan fingerprint density at radius 1 is 0.468 bits per heavy atom. The summed E-state index contributed by atoms with van der Waals surface area (Å²) in [4.78, 5) is 10.6. The van der Waals surface area contributed by atoms with Crippen LogP contribution < -0.4 is 4.74 Å². The van der Waals surface area contributed by atoms with Crippen molar-refractivity contribution >= 4 is 65.3 Å². The van der Waals surface area contributed by atoms with Crippen molar-refractivity contribution in [3.05, 3.63) is 146 Å². The molecule has 4 heterocycles. The van der Waals surface area contributed by atoms with Crippen LogP contribution in [0.1, 0.15) is 0 Å². The van der Waals surface area contributed by atoms with E-state index in [1.807, 2.05) is 30.3 Å². The van der Waals surface area contributed by atoms with Gasteiger partial charge < -0.3 is 9.30 Å². The largest absolute Gasteiger partial charge is 0.456 e. The fourth-order valence-electron chi connectivity index (χ4n) is 7.68. The van der Waals surface area contributed by atoms with Crippen LogP contribution in [0, 0.1) is 0 Å². The number of hydrogen-bond acceptors (Lipinski definition) is 3. The second-order valence-electron chi connectivity index (χ2n) is 12.2. The van der Waals surface area contributed by atoms with Crippen molar-refractivity contribution in [1.82, 2.24) is 19.1 Å². The monoisotopic (exact) mass is 600 g/mol. The summed E-state index contributed by atoms with van der Waals surface area (Å²) in [6.07, 6.45) is 0. The summed E-state index contributed by atoms with van der Waals surface area (Å²) in [5.41, 5.74) is 8.25. The molecule has 5 heteroatoms. The van der Waals surface area contributed by atoms with E-state index in [4.69, 9.17) is 14.7 Å². The molecule has 5 nitrogen and oxygen atoms in total. The maximum Gasteiger partial charge on any atom is 0.235 e. The van der Waals surface area contributed by atoms with Gasteiger partial charge in [-0.05, 0) is 59.3 Å². The van der Waals surface area contributed by atoms with Crippen molar-refractivity contribution in [2.75, 3.05) is 0 Å². The summed E-state index contributed by atoms with van der Waals surface area (Å²) in [5.74, 6) is 2.22. The molecular formula is C42H24N4O. The predicted octanol–water partition coefficient (Wildman–Crippen LogP) is 10.7. The molecule has 11 rings (SSSR count). The molecule has 0 radical (unpaired) electrons. The van der Waals surface area contributed by atoms with Gasteiger partial charge in [-0.25, -0.2) is 9.97 Å². The zero-order valence-corrected chi connectivity index (χ0v) is 25.1. The van der Waals surface area contributed by atoms with E-state index in [2.05, 4.69) is 124 Å². The quantitative estimate of drug-likeness (QED) is 0.198. The molecule has 0 amide bonds. The molecule has 1 aliphatic rings. The standard InChI is InChI=1S/C42H24N4O/c1-2-11-26-24-27(21-20-25(26)10-1)45-34-16-6-3-12-28(34)30-22-23-31-29-13-4-7-17-35(29)46(41(31)40(30)45)42-43-33-15-9-19-37-38(33)39(44-42)32-14-5-8-18-36(32)47-37/h1-24H. The van der Waals surface area contributed by atoms with Crippen LogP contribution in [-0.4, -0.2) is 19.1 Å². The first-order chi connectivity index (χ1) is 23.3. The molecule has 3 aromatic heterocycles. The fraction of sp³-hybridized carbons (Fsp3) is 0. The van der Waals surface area contributed by atoms with Crippen molar-refractivity contribution < 1.29 is 4.74 Å². The van der Waals surface area contributed by atoms with Crippen LogP contribution in [0.5, 0.6) is 11.5 Å². The molecule has 0 N–H and O–H groups in total. The molecule has 0 spiro atoms. The SMILES string of the molecule is c1ccc2c(c1)Oc1cccc3nc(-n4c5ccccc5c5ccc6c7ccccc7n(-c7ccc8ccccc8c7)c6c54)nc-2c13. The van der Waals surface area contributed by atoms with Crippen molar-refractivity contribution in [2.45, 2.75) is 0 Å². The van der Waals surface area contributed by atoms with Crippen LogP contribution in [0.25, 0.3) is 88.2 Å². The van der Waals surface area contributed by atoms with E-state index >= 15 is 0 Å². The zero-order valence-electron chi connectivity index (χ0n) is 25.1. The van der Waals surface area contributed by atoms with Gasteiger partial charge in [-0.1, -0.05) is 97.1 Å². The molecule has 0 saturated heterocycles. The van der Waals surface area contributed by atoms with Crippen LogP contribution in [0.2, 0.25) is 0 Å². The lowest BCUT2D eigenvalue weighted by Gasteiger charge is -2.21. The maximum atomic E-state index is 6.32. The highest BCUT2D eigenvalue weighted by Gasteiger charge is 2.26. The van der Waals surface area contributed by atoms with E-state index in [-0.39, 0.29) is 0 Å². The van der Waals surface area contributed by atoms with E-state index < -0.39 is 0 Å². The van der Waals surface area contributed by atoms with E-state index in [9.17, 15) is 0 Å². The summed E-state index contributed by atoms with van der Waals surface area (Å²) >= 11 is 0. The molecule has 218 valence electrons. The van der Waals surface area contributed by atoms with Gasteiger partial charge in [-0.3, -0.25) is 4.57 Å². The molecule has 0 fully saturated rings. The van der Waals surface area contributed by atoms with Crippen LogP contribution in [-0.2, 0) is 0 Å². The van der Waals surface area contributed by atoms with Gasteiger partial charge >= 0.3 is 0 Å². The van der Waals surface area contributed by atoms with Gasteiger partial charge in [-0.2, -0.15) is 0 Å². The normalized spacial score (nSPS) is 12.4. The smallest absolute Gasteiger partial charge is 0.235 e. The summed E-state index contributed by atoms with van der Waals surface area (Å²) < 4.78 is 11.0. The first-order valence-electron chi connectivity index (χ1n) is 15.8. The fourth-order valence-corrected chi connectivity index (χ4v) is 7.68. The molecular weight excluding hydrogens is 576 g/mol. The van der Waals surface area contributed by atoms with Crippen LogP contribution >= 0.6 is 0 Å². The highest BCUT2D eigenvalue weighted by Crippen LogP contribution is 2.46. The Morgan fingerprint density at radius 2 is 1.13 bits per heavy atom. The highest BCUT2D eigenvalue weighted by atomic mass is 16.5. The Kier molecular flexibility index (Phi) is 4.78. The van der Waals surface area contributed by atoms with Crippen molar-refractivity contribution in [1.29, 1.82) is 0 Å². The minimum atomic E-state index is 0.635. The Balaban J connectivity index is 1.34. The van der Waals surface area contributed by atoms with Gasteiger partial charge in [0, 0.05) is 32.8 Å². The molecule has 0 saturated carbocycles. The minimum absolute atomic E-state index is 0.635. The van der Waals surface area contributed by atoms with E-state index in [0.717, 1.165) is 72.2 Å². The van der Waals surface area contributed by atoms with Crippen molar-refractivity contribution in [3.63, 3.8) is 0 Å². The van der Waals surface area contributed by atoms with Crippen LogP contribution in [0.15, 0.2) is 146 Å². The lowest BCUT2D eigenvalue weighted by molar-refractivity contribution is 0.486. The van der Waals surface area contributed by atoms with Gasteiger partial charge in [0.25, 0.3) is 0 Å². The number of fused-ring (bicyclic) bond motifs is 10. The van der Waals surface area contributed by atoms with Crippen molar-refractivity contribution in [2.24, 2.45) is 0 Å². The lowest BCUT2D eigenvalue weighted by atomic mass is 10.0. The maximum absolute atomic E-state index is 6.32. The number of benzene rings is 7. The number of nitrogens with zero attached hydrogens (tertiary/aromatic N) is 4. The molecule has 10 aromatic rings. The zero-order chi connectivity index (χ0) is 30.6. The second-order valence-corrected chi connectivity index (χ2v) is 12.2. The van der Waals surface area contributed by atoms with Gasteiger partial charge in [0.1, 0.15) is 11.5 Å². The molecule has 0 bridgehead atoms. The van der Waals surface area contributed by atoms with Gasteiger partial charge in [0.2, 0.25) is 5.95 Å². The van der Waals surface area contributed by atoms with Gasteiger partial charge in [0.05, 0.1) is 38.7 Å². The molecule has 0 atom stereocenters. The molecule has 0 unspecified atom stereocenters. The summed E-state index contributed by atoms with van der Waals surface area (Å²) in [7, 11) is 0. The minimum Gasteiger partial charge on any atom is -0.456 e. The van der Waals surface area contributed by atoms with Crippen LogP contribution in [0.4, 0.5) is 0 Å². The van der Waals surface area contributed by atoms with Crippen molar-refractivity contribution in [3.8, 4) is 34.4 Å². The van der Waals surface area contributed by atoms with E-state index in [0.29, 0.717) is 5.95 Å². The lowest BCUT2D eigenvalue weighted by Crippen LogP contribution is -2.07. The predicted molar refractivity (Wildman–Crippen MR) is 191 cm³/mol. The summed E-state index contributed by atoms with van der Waals surface area (Å²) in [5, 5.41) is 8.08. The number of ether oxygens (including phenoxy) is 1. The Hall–Kier alpha value is -6.46. The second kappa shape index (κ2) is 9.05. The molecule has 0 aliphatic carbocycles. The van der Waals surface area contributed by atoms with E-state index in [1.165, 1.54) is 21.5 Å². The highest BCUT2D eigenvalue weighted by molar-refractivity contribution is 6.23. The van der Waals surface area contributed by atoms with E-state index in [1.54, 1.807) is 0 Å². The average Bonchev–Trinajstić information content (AvgIpc) is 3.65. The summed E-state index contributed by atoms with van der Waals surface area (Å²) in [6.45, 7) is 0. The Bertz CT molecular complexity index is 2950. The third-order valence-corrected chi connectivity index (χ3v) is 9.70. The third-order valence-electron chi connectivity index (χ3n) is 9.70. The number of aromatic nitrogens is 4.